The molecule has 0 aliphatic rings. The molecule has 2 N–H and O–H groups in total. The van der Waals surface area contributed by atoms with E-state index in [2.05, 4.69) is 10.6 Å². The van der Waals surface area contributed by atoms with Crippen molar-refractivity contribution in [2.75, 3.05) is 19.7 Å². The molecule has 5 nitrogen and oxygen atoms in total. The highest BCUT2D eigenvalue weighted by molar-refractivity contribution is 5.77. The Balaban J connectivity index is 2.46. The first-order chi connectivity index (χ1) is 9.17. The van der Waals surface area contributed by atoms with E-state index in [4.69, 9.17) is 10.00 Å². The molecule has 0 saturated heterocycles. The van der Waals surface area contributed by atoms with E-state index in [9.17, 15) is 4.79 Å². The van der Waals surface area contributed by atoms with Gasteiger partial charge < -0.3 is 15.4 Å². The monoisotopic (exact) mass is 261 g/mol. The number of nitriles is 1. The molecule has 0 bridgehead atoms. The third-order valence-electron chi connectivity index (χ3n) is 2.63. The van der Waals surface area contributed by atoms with Crippen LogP contribution in [-0.4, -0.2) is 25.6 Å². The molecule has 0 saturated carbocycles. The summed E-state index contributed by atoms with van der Waals surface area (Å²) < 4.78 is 5.17. The molecule has 0 spiro atoms. The van der Waals surface area contributed by atoms with Crippen LogP contribution < -0.4 is 15.4 Å². The van der Waals surface area contributed by atoms with Crippen LogP contribution in [0.1, 0.15) is 25.5 Å². The minimum atomic E-state index is -0.0108. The fourth-order valence-corrected chi connectivity index (χ4v) is 1.59. The number of likely N-dealkylation sites (N-methyl/N-ethyl adjacent to an activating group) is 1. The van der Waals surface area contributed by atoms with Crippen LogP contribution in [0, 0.1) is 11.3 Å². The molecule has 0 fully saturated rings. The number of amides is 1. The summed E-state index contributed by atoms with van der Waals surface area (Å²) in [5.74, 6) is 0.657. The van der Waals surface area contributed by atoms with Gasteiger partial charge in [0.05, 0.1) is 6.54 Å². The standard InChI is InChI=1S/C14H19N3O2/c1-3-16-14(18)10-17-11(2)12-4-6-13(7-5-12)19-9-8-15/h4-7,11,17H,3,9-10H2,1-2H3,(H,16,18). The Labute approximate surface area is 113 Å². The van der Waals surface area contributed by atoms with E-state index in [-0.39, 0.29) is 18.6 Å². The molecule has 1 unspecified atom stereocenters. The molecule has 5 heteroatoms. The highest BCUT2D eigenvalue weighted by Crippen LogP contribution is 2.17. The van der Waals surface area contributed by atoms with Crippen LogP contribution in [0.2, 0.25) is 0 Å². The Morgan fingerprint density at radius 3 is 2.68 bits per heavy atom. The predicted molar refractivity (Wildman–Crippen MR) is 72.7 cm³/mol. The number of hydrogen-bond acceptors (Lipinski definition) is 4. The molecule has 1 aromatic rings. The summed E-state index contributed by atoms with van der Waals surface area (Å²) in [4.78, 5) is 11.3. The number of benzene rings is 1. The minimum absolute atomic E-state index is 0.0108. The first kappa shape index (κ1) is 15.0. The summed E-state index contributed by atoms with van der Waals surface area (Å²) in [6.45, 7) is 4.86. The number of nitrogens with zero attached hydrogens (tertiary/aromatic N) is 1. The Morgan fingerprint density at radius 2 is 2.11 bits per heavy atom. The minimum Gasteiger partial charge on any atom is -0.479 e. The van der Waals surface area contributed by atoms with Crippen LogP contribution in [0.4, 0.5) is 0 Å². The lowest BCUT2D eigenvalue weighted by Crippen LogP contribution is -2.34. The van der Waals surface area contributed by atoms with Crippen molar-refractivity contribution in [3.05, 3.63) is 29.8 Å². The quantitative estimate of drug-likeness (QED) is 0.777. The van der Waals surface area contributed by atoms with Crippen molar-refractivity contribution in [3.63, 3.8) is 0 Å². The predicted octanol–water partition coefficient (Wildman–Crippen LogP) is 1.38. The molecular weight excluding hydrogens is 242 g/mol. The lowest BCUT2D eigenvalue weighted by Gasteiger charge is -2.14. The molecule has 0 aliphatic carbocycles. The zero-order valence-electron chi connectivity index (χ0n) is 11.3. The van der Waals surface area contributed by atoms with Crippen LogP contribution in [0.5, 0.6) is 5.75 Å². The van der Waals surface area contributed by atoms with Crippen molar-refractivity contribution in [2.45, 2.75) is 19.9 Å². The van der Waals surface area contributed by atoms with Gasteiger partial charge in [0.1, 0.15) is 11.8 Å². The van der Waals surface area contributed by atoms with Crippen molar-refractivity contribution in [3.8, 4) is 11.8 Å². The lowest BCUT2D eigenvalue weighted by molar-refractivity contribution is -0.120. The van der Waals surface area contributed by atoms with E-state index in [1.165, 1.54) is 0 Å². The van der Waals surface area contributed by atoms with Crippen molar-refractivity contribution in [1.29, 1.82) is 5.26 Å². The van der Waals surface area contributed by atoms with E-state index in [0.29, 0.717) is 18.8 Å². The molecule has 1 aromatic carbocycles. The number of rotatable bonds is 7. The molecule has 1 amide bonds. The Bertz CT molecular complexity index is 437. The van der Waals surface area contributed by atoms with Gasteiger partial charge in [-0.25, -0.2) is 0 Å². The van der Waals surface area contributed by atoms with Gasteiger partial charge in [-0.15, -0.1) is 0 Å². The third-order valence-corrected chi connectivity index (χ3v) is 2.63. The molecule has 0 heterocycles. The summed E-state index contributed by atoms with van der Waals surface area (Å²) in [6.07, 6.45) is 0. The summed E-state index contributed by atoms with van der Waals surface area (Å²) in [5.41, 5.74) is 1.06. The highest BCUT2D eigenvalue weighted by atomic mass is 16.5. The second-order valence-electron chi connectivity index (χ2n) is 4.07. The van der Waals surface area contributed by atoms with Crippen LogP contribution in [0.15, 0.2) is 24.3 Å². The maximum atomic E-state index is 11.3. The number of hydrogen-bond donors (Lipinski definition) is 2. The summed E-state index contributed by atoms with van der Waals surface area (Å²) in [5, 5.41) is 14.3. The SMILES string of the molecule is CCNC(=O)CNC(C)c1ccc(OCC#N)cc1. The van der Waals surface area contributed by atoms with Gasteiger partial charge in [-0.1, -0.05) is 12.1 Å². The van der Waals surface area contributed by atoms with Gasteiger partial charge in [-0.3, -0.25) is 4.79 Å². The maximum absolute atomic E-state index is 11.3. The molecule has 1 rings (SSSR count). The molecule has 0 aromatic heterocycles. The molecule has 19 heavy (non-hydrogen) atoms. The van der Waals surface area contributed by atoms with Crippen LogP contribution in [-0.2, 0) is 4.79 Å². The molecule has 102 valence electrons. The molecule has 1 atom stereocenters. The Kier molecular flexibility index (Phi) is 6.41. The van der Waals surface area contributed by atoms with Crippen LogP contribution >= 0.6 is 0 Å². The van der Waals surface area contributed by atoms with E-state index in [0.717, 1.165) is 5.56 Å². The molecule has 0 aliphatic heterocycles. The van der Waals surface area contributed by atoms with Crippen LogP contribution in [0.25, 0.3) is 0 Å². The van der Waals surface area contributed by atoms with Gasteiger partial charge in [0.25, 0.3) is 0 Å². The van der Waals surface area contributed by atoms with Gasteiger partial charge in [0.2, 0.25) is 5.91 Å². The molecular formula is C14H19N3O2. The van der Waals surface area contributed by atoms with Crippen molar-refractivity contribution in [1.82, 2.24) is 10.6 Å². The first-order valence-corrected chi connectivity index (χ1v) is 6.27. The van der Waals surface area contributed by atoms with Crippen molar-refractivity contribution < 1.29 is 9.53 Å². The summed E-state index contributed by atoms with van der Waals surface area (Å²) >= 11 is 0. The number of ether oxygens (including phenoxy) is 1. The van der Waals surface area contributed by atoms with Gasteiger partial charge in [-0.05, 0) is 31.5 Å². The normalized spacial score (nSPS) is 11.4. The zero-order chi connectivity index (χ0) is 14.1. The van der Waals surface area contributed by atoms with Crippen molar-refractivity contribution >= 4 is 5.91 Å². The Morgan fingerprint density at radius 1 is 1.42 bits per heavy atom. The first-order valence-electron chi connectivity index (χ1n) is 6.27. The zero-order valence-corrected chi connectivity index (χ0v) is 11.3. The fourth-order valence-electron chi connectivity index (χ4n) is 1.59. The van der Waals surface area contributed by atoms with Gasteiger partial charge in [0, 0.05) is 12.6 Å². The third kappa shape index (κ3) is 5.40. The number of nitrogens with one attached hydrogen (secondary N) is 2. The largest absolute Gasteiger partial charge is 0.479 e. The van der Waals surface area contributed by atoms with Gasteiger partial charge in [-0.2, -0.15) is 5.26 Å². The van der Waals surface area contributed by atoms with Crippen LogP contribution in [0.3, 0.4) is 0 Å². The average Bonchev–Trinajstić information content (AvgIpc) is 2.43. The average molecular weight is 261 g/mol. The highest BCUT2D eigenvalue weighted by Gasteiger charge is 2.07. The second kappa shape index (κ2) is 8.11. The van der Waals surface area contributed by atoms with E-state index in [1.807, 2.05) is 44.2 Å². The van der Waals surface area contributed by atoms with Gasteiger partial charge >= 0.3 is 0 Å². The molecule has 0 radical (unpaired) electrons. The lowest BCUT2D eigenvalue weighted by atomic mass is 10.1. The van der Waals surface area contributed by atoms with E-state index < -0.39 is 0 Å². The van der Waals surface area contributed by atoms with Gasteiger partial charge in [0.15, 0.2) is 6.61 Å². The fraction of sp³-hybridized carbons (Fsp3) is 0.429. The number of carbonyl (C=O) groups is 1. The number of carbonyl (C=O) groups excluding carboxylic acids is 1. The maximum Gasteiger partial charge on any atom is 0.233 e. The van der Waals surface area contributed by atoms with E-state index in [1.54, 1.807) is 0 Å². The summed E-state index contributed by atoms with van der Waals surface area (Å²) in [7, 11) is 0. The Hall–Kier alpha value is -2.06. The van der Waals surface area contributed by atoms with E-state index >= 15 is 0 Å². The topological polar surface area (TPSA) is 74.2 Å². The summed E-state index contributed by atoms with van der Waals surface area (Å²) in [6, 6.07) is 9.47. The smallest absolute Gasteiger partial charge is 0.233 e. The van der Waals surface area contributed by atoms with Crippen molar-refractivity contribution in [2.24, 2.45) is 0 Å². The second-order valence-corrected chi connectivity index (χ2v) is 4.07.